The normalized spacial score (nSPS) is 12.4. The van der Waals surface area contributed by atoms with Crippen LogP contribution in [0.2, 0.25) is 0 Å². The van der Waals surface area contributed by atoms with Crippen LogP contribution in [0, 0.1) is 11.6 Å². The number of halogens is 3. The Morgan fingerprint density at radius 3 is 2.15 bits per heavy atom. The second-order valence-electron chi connectivity index (χ2n) is 4.81. The molecule has 20 heavy (non-hydrogen) atoms. The van der Waals surface area contributed by atoms with E-state index in [1.54, 1.807) is 0 Å². The number of aryl methyl sites for hydroxylation is 2. The molecule has 1 unspecified atom stereocenters. The van der Waals surface area contributed by atoms with Crippen LogP contribution >= 0.6 is 11.6 Å². The van der Waals surface area contributed by atoms with Gasteiger partial charge in [0.25, 0.3) is 0 Å². The Kier molecular flexibility index (Phi) is 4.77. The van der Waals surface area contributed by atoms with Crippen molar-refractivity contribution in [2.24, 2.45) is 0 Å². The molecule has 0 nitrogen and oxygen atoms in total. The molecule has 3 heteroatoms. The van der Waals surface area contributed by atoms with Crippen molar-refractivity contribution >= 4 is 11.6 Å². The summed E-state index contributed by atoms with van der Waals surface area (Å²) in [5.41, 5.74) is 3.65. The Labute approximate surface area is 123 Å². The lowest BCUT2D eigenvalue weighted by atomic mass is 9.95. The summed E-state index contributed by atoms with van der Waals surface area (Å²) >= 11 is 6.46. The first-order valence-corrected chi connectivity index (χ1v) is 7.20. The first kappa shape index (κ1) is 15.0. The van der Waals surface area contributed by atoms with Gasteiger partial charge < -0.3 is 0 Å². The maximum absolute atomic E-state index is 13.3. The molecule has 2 aromatic rings. The monoisotopic (exact) mass is 294 g/mol. The zero-order valence-electron chi connectivity index (χ0n) is 11.6. The molecule has 1 atom stereocenters. The van der Waals surface area contributed by atoms with E-state index in [-0.39, 0.29) is 0 Å². The predicted octanol–water partition coefficient (Wildman–Crippen LogP) is 5.42. The lowest BCUT2D eigenvalue weighted by Gasteiger charge is -2.16. The van der Waals surface area contributed by atoms with E-state index in [9.17, 15) is 8.78 Å². The first-order chi connectivity index (χ1) is 9.55. The number of alkyl halides is 1. The molecule has 0 saturated carbocycles. The Morgan fingerprint density at radius 2 is 1.60 bits per heavy atom. The van der Waals surface area contributed by atoms with Gasteiger partial charge in [0, 0.05) is 6.07 Å². The number of hydrogen-bond acceptors (Lipinski definition) is 0. The van der Waals surface area contributed by atoms with E-state index in [2.05, 4.69) is 13.0 Å². The third-order valence-electron chi connectivity index (χ3n) is 3.45. The number of rotatable bonds is 4. The molecular weight excluding hydrogens is 278 g/mol. The van der Waals surface area contributed by atoms with Crippen LogP contribution < -0.4 is 0 Å². The van der Waals surface area contributed by atoms with Gasteiger partial charge in [-0.2, -0.15) is 0 Å². The van der Waals surface area contributed by atoms with E-state index in [0.29, 0.717) is 5.56 Å². The SMILES string of the molecule is CCc1ccc(CC)c(C(Cl)c2cc(F)cc(F)c2)c1. The van der Waals surface area contributed by atoms with Crippen molar-refractivity contribution in [2.45, 2.75) is 32.1 Å². The fourth-order valence-electron chi connectivity index (χ4n) is 2.32. The van der Waals surface area contributed by atoms with Gasteiger partial charge >= 0.3 is 0 Å². The highest BCUT2D eigenvalue weighted by molar-refractivity contribution is 6.22. The quantitative estimate of drug-likeness (QED) is 0.661. The fourth-order valence-corrected chi connectivity index (χ4v) is 2.65. The second kappa shape index (κ2) is 6.36. The third-order valence-corrected chi connectivity index (χ3v) is 3.94. The largest absolute Gasteiger partial charge is 0.207 e. The molecule has 2 aromatic carbocycles. The van der Waals surface area contributed by atoms with Gasteiger partial charge in [0.1, 0.15) is 11.6 Å². The van der Waals surface area contributed by atoms with Crippen LogP contribution in [0.5, 0.6) is 0 Å². The molecule has 0 bridgehead atoms. The number of benzene rings is 2. The van der Waals surface area contributed by atoms with Crippen LogP contribution in [0.1, 0.15) is 41.5 Å². The maximum atomic E-state index is 13.3. The van der Waals surface area contributed by atoms with Crippen LogP contribution in [-0.2, 0) is 12.8 Å². The summed E-state index contributed by atoms with van der Waals surface area (Å²) in [6.07, 6.45) is 1.73. The summed E-state index contributed by atoms with van der Waals surface area (Å²) < 4.78 is 26.7. The van der Waals surface area contributed by atoms with E-state index >= 15 is 0 Å². The van der Waals surface area contributed by atoms with Crippen molar-refractivity contribution in [2.75, 3.05) is 0 Å². The van der Waals surface area contributed by atoms with Gasteiger partial charge in [-0.3, -0.25) is 0 Å². The van der Waals surface area contributed by atoms with Crippen molar-refractivity contribution in [1.82, 2.24) is 0 Å². The van der Waals surface area contributed by atoms with E-state index in [1.165, 1.54) is 17.7 Å². The van der Waals surface area contributed by atoms with Gasteiger partial charge in [-0.1, -0.05) is 32.0 Å². The van der Waals surface area contributed by atoms with Crippen molar-refractivity contribution in [3.05, 3.63) is 70.3 Å². The van der Waals surface area contributed by atoms with Crippen LogP contribution in [0.15, 0.2) is 36.4 Å². The molecule has 0 aromatic heterocycles. The molecule has 0 fully saturated rings. The van der Waals surface area contributed by atoms with Gasteiger partial charge in [-0.25, -0.2) is 8.78 Å². The van der Waals surface area contributed by atoms with E-state index in [4.69, 9.17) is 11.6 Å². The van der Waals surface area contributed by atoms with Crippen molar-refractivity contribution in [3.8, 4) is 0 Å². The van der Waals surface area contributed by atoms with Crippen molar-refractivity contribution < 1.29 is 8.78 Å². The van der Waals surface area contributed by atoms with E-state index < -0.39 is 17.0 Å². The van der Waals surface area contributed by atoms with Crippen LogP contribution in [0.25, 0.3) is 0 Å². The average Bonchev–Trinajstić information content (AvgIpc) is 2.44. The Morgan fingerprint density at radius 1 is 0.950 bits per heavy atom. The van der Waals surface area contributed by atoms with Crippen molar-refractivity contribution in [1.29, 1.82) is 0 Å². The van der Waals surface area contributed by atoms with Gasteiger partial charge in [-0.05, 0) is 47.2 Å². The highest BCUT2D eigenvalue weighted by Crippen LogP contribution is 2.33. The molecule has 0 amide bonds. The molecule has 0 saturated heterocycles. The highest BCUT2D eigenvalue weighted by atomic mass is 35.5. The third kappa shape index (κ3) is 3.18. The minimum Gasteiger partial charge on any atom is -0.207 e. The lowest BCUT2D eigenvalue weighted by Crippen LogP contribution is -2.01. The lowest BCUT2D eigenvalue weighted by molar-refractivity contribution is 0.580. The van der Waals surface area contributed by atoms with Crippen LogP contribution in [-0.4, -0.2) is 0 Å². The zero-order valence-corrected chi connectivity index (χ0v) is 12.3. The van der Waals surface area contributed by atoms with Crippen LogP contribution in [0.4, 0.5) is 8.78 Å². The summed E-state index contributed by atoms with van der Waals surface area (Å²) in [6.45, 7) is 4.11. The fraction of sp³-hybridized carbons (Fsp3) is 0.294. The summed E-state index contributed by atoms with van der Waals surface area (Å²) in [5.74, 6) is -1.20. The standard InChI is InChI=1S/C17H17ClF2/c1-3-11-5-6-12(4-2)16(7-11)17(18)13-8-14(19)10-15(20)9-13/h5-10,17H,3-4H2,1-2H3. The predicted molar refractivity (Wildman–Crippen MR) is 79.3 cm³/mol. The van der Waals surface area contributed by atoms with E-state index in [0.717, 1.165) is 30.0 Å². The molecular formula is C17H17ClF2. The zero-order chi connectivity index (χ0) is 14.7. The highest BCUT2D eigenvalue weighted by Gasteiger charge is 2.16. The smallest absolute Gasteiger partial charge is 0.126 e. The van der Waals surface area contributed by atoms with Gasteiger partial charge in [-0.15, -0.1) is 11.6 Å². The molecule has 0 aliphatic rings. The summed E-state index contributed by atoms with van der Waals surface area (Å²) in [6, 6.07) is 9.57. The Balaban J connectivity index is 2.48. The van der Waals surface area contributed by atoms with Gasteiger partial charge in [0.2, 0.25) is 0 Å². The minimum absolute atomic E-state index is 0.451. The second-order valence-corrected chi connectivity index (χ2v) is 5.24. The average molecular weight is 295 g/mol. The van der Waals surface area contributed by atoms with Gasteiger partial charge in [0.05, 0.1) is 5.38 Å². The minimum atomic E-state index is -0.602. The molecule has 106 valence electrons. The first-order valence-electron chi connectivity index (χ1n) is 6.76. The van der Waals surface area contributed by atoms with Crippen molar-refractivity contribution in [3.63, 3.8) is 0 Å². The Hall–Kier alpha value is -1.41. The molecule has 0 spiro atoms. The number of hydrogen-bond donors (Lipinski definition) is 0. The molecule has 0 N–H and O–H groups in total. The summed E-state index contributed by atoms with van der Waals surface area (Å²) in [4.78, 5) is 0. The summed E-state index contributed by atoms with van der Waals surface area (Å²) in [7, 11) is 0. The van der Waals surface area contributed by atoms with E-state index in [1.807, 2.05) is 19.1 Å². The topological polar surface area (TPSA) is 0 Å². The Bertz CT molecular complexity index is 588. The van der Waals surface area contributed by atoms with Crippen LogP contribution in [0.3, 0.4) is 0 Å². The maximum Gasteiger partial charge on any atom is 0.126 e. The summed E-state index contributed by atoms with van der Waals surface area (Å²) in [5, 5.41) is -0.540. The van der Waals surface area contributed by atoms with Gasteiger partial charge in [0.15, 0.2) is 0 Å². The molecule has 0 aliphatic heterocycles. The molecule has 0 radical (unpaired) electrons. The molecule has 2 rings (SSSR count). The molecule has 0 aliphatic carbocycles. The molecule has 0 heterocycles.